The molecule has 0 radical (unpaired) electrons. The van der Waals surface area contributed by atoms with E-state index in [1.54, 1.807) is 11.3 Å². The van der Waals surface area contributed by atoms with Crippen LogP contribution in [0.25, 0.3) is 10.2 Å². The lowest BCUT2D eigenvalue weighted by molar-refractivity contribution is -0.135. The van der Waals surface area contributed by atoms with Gasteiger partial charge in [0, 0.05) is 31.7 Å². The van der Waals surface area contributed by atoms with E-state index in [4.69, 9.17) is 0 Å². The Bertz CT molecular complexity index is 1220. The molecule has 1 aliphatic carbocycles. The summed E-state index contributed by atoms with van der Waals surface area (Å²) in [6.45, 7) is 5.30. The van der Waals surface area contributed by atoms with E-state index in [2.05, 4.69) is 56.6 Å². The number of rotatable bonds is 5. The number of nitrogens with zero attached hydrogens (tertiary/aromatic N) is 3. The van der Waals surface area contributed by atoms with Crippen molar-refractivity contribution in [2.45, 2.75) is 76.2 Å². The molecule has 1 aromatic carbocycles. The number of nitrogens with one attached hydrogen (secondary N) is 1. The molecule has 184 valence electrons. The van der Waals surface area contributed by atoms with Crippen molar-refractivity contribution in [1.82, 2.24) is 19.7 Å². The smallest absolute Gasteiger partial charge is 0.271 e. The van der Waals surface area contributed by atoms with Gasteiger partial charge in [-0.25, -0.2) is 0 Å². The molecule has 1 saturated carbocycles. The normalized spacial score (nSPS) is 24.3. The van der Waals surface area contributed by atoms with Crippen LogP contribution < -0.4 is 5.32 Å². The van der Waals surface area contributed by atoms with E-state index in [9.17, 15) is 9.59 Å². The van der Waals surface area contributed by atoms with E-state index in [0.29, 0.717) is 6.54 Å². The molecule has 6 rings (SSSR count). The largest absolute Gasteiger partial charge is 0.351 e. The third-order valence-electron chi connectivity index (χ3n) is 8.31. The zero-order chi connectivity index (χ0) is 24.0. The molecule has 2 aromatic heterocycles. The molecule has 2 fully saturated rings. The van der Waals surface area contributed by atoms with Crippen molar-refractivity contribution in [3.8, 4) is 0 Å². The molecule has 4 heterocycles. The third kappa shape index (κ3) is 4.08. The van der Waals surface area contributed by atoms with Crippen LogP contribution in [0.3, 0.4) is 0 Å². The molecule has 2 aliphatic heterocycles. The van der Waals surface area contributed by atoms with E-state index in [0.717, 1.165) is 61.2 Å². The topological polar surface area (TPSA) is 57.6 Å². The number of hydrogen-bond donors (Lipinski definition) is 1. The van der Waals surface area contributed by atoms with Gasteiger partial charge in [-0.1, -0.05) is 43.2 Å². The summed E-state index contributed by atoms with van der Waals surface area (Å²) in [7, 11) is 0. The van der Waals surface area contributed by atoms with Crippen molar-refractivity contribution in [3.05, 3.63) is 59.1 Å². The van der Waals surface area contributed by atoms with Gasteiger partial charge in [-0.2, -0.15) is 0 Å². The molecule has 0 bridgehead atoms. The van der Waals surface area contributed by atoms with Gasteiger partial charge in [0.15, 0.2) is 0 Å². The highest BCUT2D eigenvalue weighted by Gasteiger charge is 2.51. The van der Waals surface area contributed by atoms with Crippen LogP contribution in [0.4, 0.5) is 0 Å². The first-order valence-corrected chi connectivity index (χ1v) is 13.9. The minimum atomic E-state index is -0.896. The monoisotopic (exact) mass is 490 g/mol. The molecule has 1 N–H and O–H groups in total. The summed E-state index contributed by atoms with van der Waals surface area (Å²) >= 11 is 1.66. The summed E-state index contributed by atoms with van der Waals surface area (Å²) in [6, 6.07) is 15.0. The zero-order valence-corrected chi connectivity index (χ0v) is 21.2. The number of carbonyl (C=O) groups excluding carboxylic acids is 2. The second-order valence-corrected chi connectivity index (χ2v) is 11.6. The van der Waals surface area contributed by atoms with Gasteiger partial charge in [-0.05, 0) is 55.7 Å². The first-order chi connectivity index (χ1) is 17.0. The van der Waals surface area contributed by atoms with Crippen molar-refractivity contribution in [3.63, 3.8) is 0 Å². The van der Waals surface area contributed by atoms with E-state index in [1.807, 2.05) is 17.9 Å². The maximum absolute atomic E-state index is 14.0. The number of piperidine rings is 1. The standard InChI is InChI=1S/C28H34N4O2S/c1-28(27(34)29-21-9-5-6-10-21)19-31-23-13-16-35-25(23)17-24(31)26(33)32(28)22-11-14-30(15-12-22)18-20-7-3-2-4-8-20/h2-4,7-8,13,16-17,21-22H,5-6,9-12,14-15,18-19H2,1H3,(H,29,34)/t28-/m1/s1. The molecule has 7 heteroatoms. The van der Waals surface area contributed by atoms with Gasteiger partial charge in [0.25, 0.3) is 5.91 Å². The maximum atomic E-state index is 14.0. The minimum absolute atomic E-state index is 0.00484. The average Bonchev–Trinajstić information content (AvgIpc) is 3.60. The predicted octanol–water partition coefficient (Wildman–Crippen LogP) is 4.64. The Morgan fingerprint density at radius 2 is 1.83 bits per heavy atom. The lowest BCUT2D eigenvalue weighted by Gasteiger charge is -2.50. The average molecular weight is 491 g/mol. The second kappa shape index (κ2) is 9.10. The molecule has 3 aliphatic rings. The van der Waals surface area contributed by atoms with Crippen LogP contribution in [0.15, 0.2) is 47.8 Å². The van der Waals surface area contributed by atoms with Crippen molar-refractivity contribution in [2.24, 2.45) is 0 Å². The Morgan fingerprint density at radius 3 is 2.57 bits per heavy atom. The van der Waals surface area contributed by atoms with E-state index >= 15 is 0 Å². The molecule has 1 saturated heterocycles. The number of carbonyl (C=O) groups is 2. The molecule has 1 atom stereocenters. The zero-order valence-electron chi connectivity index (χ0n) is 20.4. The highest BCUT2D eigenvalue weighted by molar-refractivity contribution is 7.17. The molecule has 0 spiro atoms. The highest BCUT2D eigenvalue weighted by atomic mass is 32.1. The van der Waals surface area contributed by atoms with E-state index in [-0.39, 0.29) is 23.9 Å². The third-order valence-corrected chi connectivity index (χ3v) is 9.16. The Morgan fingerprint density at radius 1 is 1.09 bits per heavy atom. The number of benzene rings is 1. The molecule has 6 nitrogen and oxygen atoms in total. The van der Waals surface area contributed by atoms with E-state index in [1.165, 1.54) is 18.4 Å². The highest BCUT2D eigenvalue weighted by Crippen LogP contribution is 2.37. The lowest BCUT2D eigenvalue weighted by Crippen LogP contribution is -2.68. The summed E-state index contributed by atoms with van der Waals surface area (Å²) in [5.41, 5.74) is 2.21. The second-order valence-electron chi connectivity index (χ2n) is 10.7. The molecule has 35 heavy (non-hydrogen) atoms. The molecular formula is C28H34N4O2S. The Hall–Kier alpha value is -2.64. The van der Waals surface area contributed by atoms with Crippen LogP contribution in [0.5, 0.6) is 0 Å². The fourth-order valence-electron chi connectivity index (χ4n) is 6.39. The van der Waals surface area contributed by atoms with Crippen LogP contribution in [0.2, 0.25) is 0 Å². The van der Waals surface area contributed by atoms with Crippen molar-refractivity contribution in [1.29, 1.82) is 0 Å². The van der Waals surface area contributed by atoms with Gasteiger partial charge in [0.1, 0.15) is 11.2 Å². The summed E-state index contributed by atoms with van der Waals surface area (Å²) < 4.78 is 3.20. The van der Waals surface area contributed by atoms with Gasteiger partial charge < -0.3 is 14.8 Å². The quantitative estimate of drug-likeness (QED) is 0.567. The maximum Gasteiger partial charge on any atom is 0.271 e. The number of fused-ring (bicyclic) bond motifs is 3. The Kier molecular flexibility index (Phi) is 5.93. The van der Waals surface area contributed by atoms with E-state index < -0.39 is 5.54 Å². The fraction of sp³-hybridized carbons (Fsp3) is 0.500. The van der Waals surface area contributed by atoms with Gasteiger partial charge in [0.2, 0.25) is 5.91 Å². The first kappa shape index (κ1) is 22.8. The number of amides is 2. The van der Waals surface area contributed by atoms with Crippen molar-refractivity contribution in [2.75, 3.05) is 13.1 Å². The molecule has 0 unspecified atom stereocenters. The lowest BCUT2D eigenvalue weighted by atomic mass is 9.89. The first-order valence-electron chi connectivity index (χ1n) is 13.0. The summed E-state index contributed by atoms with van der Waals surface area (Å²) in [5.74, 6) is 0.0115. The number of aromatic nitrogens is 1. The number of hydrogen-bond acceptors (Lipinski definition) is 4. The van der Waals surface area contributed by atoms with Crippen LogP contribution in [-0.2, 0) is 17.9 Å². The van der Waals surface area contributed by atoms with Gasteiger partial charge in [-0.15, -0.1) is 11.3 Å². The minimum Gasteiger partial charge on any atom is -0.351 e. The van der Waals surface area contributed by atoms with Gasteiger partial charge >= 0.3 is 0 Å². The van der Waals surface area contributed by atoms with Crippen LogP contribution in [-0.4, -0.2) is 56.9 Å². The fourth-order valence-corrected chi connectivity index (χ4v) is 7.22. The van der Waals surface area contributed by atoms with Gasteiger partial charge in [-0.3, -0.25) is 14.5 Å². The number of thiophene rings is 1. The molecule has 3 aromatic rings. The molecule has 2 amide bonds. The molecular weight excluding hydrogens is 456 g/mol. The van der Waals surface area contributed by atoms with Crippen molar-refractivity contribution < 1.29 is 9.59 Å². The van der Waals surface area contributed by atoms with Gasteiger partial charge in [0.05, 0.1) is 16.8 Å². The SMILES string of the molecule is C[C@]1(C(=O)NC2CCCC2)Cn2c(cc3sccc32)C(=O)N1C1CCN(Cc2ccccc2)CC1. The summed E-state index contributed by atoms with van der Waals surface area (Å²) in [4.78, 5) is 32.3. The van der Waals surface area contributed by atoms with Crippen LogP contribution >= 0.6 is 11.3 Å². The van der Waals surface area contributed by atoms with Crippen molar-refractivity contribution >= 4 is 33.4 Å². The number of likely N-dealkylation sites (tertiary alicyclic amines) is 1. The van der Waals surface area contributed by atoms with Crippen LogP contribution in [0, 0.1) is 0 Å². The summed E-state index contributed by atoms with van der Waals surface area (Å²) in [6.07, 6.45) is 6.19. The Balaban J connectivity index is 1.27. The predicted molar refractivity (Wildman–Crippen MR) is 140 cm³/mol. The van der Waals surface area contributed by atoms with Crippen LogP contribution in [0.1, 0.15) is 61.5 Å². The summed E-state index contributed by atoms with van der Waals surface area (Å²) in [5, 5.41) is 5.39. The Labute approximate surface area is 210 Å².